The monoisotopic (exact) mass is 297 g/mol. The molecule has 3 aromatic rings. The van der Waals surface area contributed by atoms with E-state index in [0.29, 0.717) is 6.54 Å². The van der Waals surface area contributed by atoms with Gasteiger partial charge in [-0.3, -0.25) is 4.40 Å². The minimum absolute atomic E-state index is 0.664. The van der Waals surface area contributed by atoms with Crippen molar-refractivity contribution in [1.29, 1.82) is 0 Å². The third-order valence-corrected chi connectivity index (χ3v) is 5.41. The zero-order valence-electron chi connectivity index (χ0n) is 12.2. The summed E-state index contributed by atoms with van der Waals surface area (Å²) in [6.45, 7) is 2.78. The quantitative estimate of drug-likeness (QED) is 0.805. The topological polar surface area (TPSA) is 43.3 Å². The Morgan fingerprint density at radius 1 is 1.24 bits per heavy atom. The van der Waals surface area contributed by atoms with E-state index in [9.17, 15) is 0 Å². The summed E-state index contributed by atoms with van der Waals surface area (Å²) >= 11 is 1.86. The Hall–Kier alpha value is -1.65. The van der Waals surface area contributed by atoms with Crippen LogP contribution in [0, 0.1) is 6.92 Å². The summed E-state index contributed by atoms with van der Waals surface area (Å²) in [5.74, 6) is 0. The molecule has 0 saturated heterocycles. The third kappa shape index (κ3) is 2.01. The zero-order valence-corrected chi connectivity index (χ0v) is 13.0. The molecule has 1 aliphatic carbocycles. The Morgan fingerprint density at radius 2 is 2.05 bits per heavy atom. The lowest BCUT2D eigenvalue weighted by atomic mass is 10.1. The van der Waals surface area contributed by atoms with Gasteiger partial charge in [0.05, 0.1) is 11.4 Å². The lowest BCUT2D eigenvalue weighted by Gasteiger charge is -2.05. The van der Waals surface area contributed by atoms with Crippen LogP contribution in [-0.2, 0) is 19.3 Å². The van der Waals surface area contributed by atoms with Crippen molar-refractivity contribution >= 4 is 16.3 Å². The van der Waals surface area contributed by atoms with Crippen LogP contribution in [0.4, 0.5) is 0 Å². The van der Waals surface area contributed by atoms with E-state index < -0.39 is 0 Å². The van der Waals surface area contributed by atoms with Crippen molar-refractivity contribution in [2.75, 3.05) is 6.54 Å². The number of aryl methyl sites for hydroxylation is 3. The Balaban J connectivity index is 1.94. The van der Waals surface area contributed by atoms with Gasteiger partial charge in [0.15, 0.2) is 4.96 Å². The highest BCUT2D eigenvalue weighted by atomic mass is 32.1. The summed E-state index contributed by atoms with van der Waals surface area (Å²) in [6, 6.07) is 8.64. The molecule has 21 heavy (non-hydrogen) atoms. The van der Waals surface area contributed by atoms with Gasteiger partial charge < -0.3 is 5.73 Å². The van der Waals surface area contributed by atoms with Gasteiger partial charge >= 0.3 is 0 Å². The van der Waals surface area contributed by atoms with Crippen LogP contribution in [0.3, 0.4) is 0 Å². The van der Waals surface area contributed by atoms with E-state index in [-0.39, 0.29) is 0 Å². The van der Waals surface area contributed by atoms with Crippen molar-refractivity contribution in [3.63, 3.8) is 0 Å². The van der Waals surface area contributed by atoms with Crippen molar-refractivity contribution < 1.29 is 0 Å². The molecule has 0 unspecified atom stereocenters. The number of imidazole rings is 1. The predicted molar refractivity (Wildman–Crippen MR) is 88.0 cm³/mol. The van der Waals surface area contributed by atoms with Crippen LogP contribution in [0.2, 0.25) is 0 Å². The van der Waals surface area contributed by atoms with Crippen molar-refractivity contribution in [3.8, 4) is 11.3 Å². The lowest BCUT2D eigenvalue weighted by molar-refractivity contribution is 0.853. The molecular formula is C17H19N3S. The molecular weight excluding hydrogens is 278 g/mol. The number of aromatic nitrogens is 2. The Bertz CT molecular complexity index is 796. The molecule has 2 aromatic heterocycles. The van der Waals surface area contributed by atoms with E-state index in [4.69, 9.17) is 10.7 Å². The van der Waals surface area contributed by atoms with Gasteiger partial charge in [-0.2, -0.15) is 0 Å². The third-order valence-electron chi connectivity index (χ3n) is 4.27. The highest BCUT2D eigenvalue weighted by Crippen LogP contribution is 2.35. The first-order valence-corrected chi connectivity index (χ1v) is 8.38. The van der Waals surface area contributed by atoms with Gasteiger partial charge in [0.1, 0.15) is 0 Å². The fraction of sp³-hybridized carbons (Fsp3) is 0.353. The molecule has 0 radical (unpaired) electrons. The minimum atomic E-state index is 0.664. The summed E-state index contributed by atoms with van der Waals surface area (Å²) in [4.78, 5) is 7.58. The van der Waals surface area contributed by atoms with Crippen LogP contribution in [0.5, 0.6) is 0 Å². The van der Waals surface area contributed by atoms with Gasteiger partial charge in [0.2, 0.25) is 0 Å². The summed E-state index contributed by atoms with van der Waals surface area (Å²) < 4.78 is 2.38. The van der Waals surface area contributed by atoms with Crippen LogP contribution in [-0.4, -0.2) is 15.9 Å². The molecule has 0 atom stereocenters. The first-order chi connectivity index (χ1) is 10.3. The molecule has 2 heterocycles. The van der Waals surface area contributed by atoms with E-state index >= 15 is 0 Å². The molecule has 0 saturated carbocycles. The Labute approximate surface area is 128 Å². The molecule has 4 rings (SSSR count). The first kappa shape index (κ1) is 13.0. The van der Waals surface area contributed by atoms with E-state index in [0.717, 1.165) is 17.1 Å². The average molecular weight is 297 g/mol. The van der Waals surface area contributed by atoms with Gasteiger partial charge in [-0.05, 0) is 32.7 Å². The fourth-order valence-corrected chi connectivity index (χ4v) is 4.47. The summed E-state index contributed by atoms with van der Waals surface area (Å²) in [6.07, 6.45) is 4.55. The Kier molecular flexibility index (Phi) is 3.08. The second-order valence-electron chi connectivity index (χ2n) is 5.76. The lowest BCUT2D eigenvalue weighted by Crippen LogP contribution is -2.07. The van der Waals surface area contributed by atoms with E-state index in [2.05, 4.69) is 35.6 Å². The van der Waals surface area contributed by atoms with E-state index in [1.54, 1.807) is 0 Å². The molecule has 4 heteroatoms. The van der Waals surface area contributed by atoms with Crippen LogP contribution in [0.15, 0.2) is 24.3 Å². The highest BCUT2D eigenvalue weighted by molar-refractivity contribution is 7.17. The van der Waals surface area contributed by atoms with Gasteiger partial charge in [-0.15, -0.1) is 11.3 Å². The van der Waals surface area contributed by atoms with E-state index in [1.807, 2.05) is 11.3 Å². The number of hydrogen-bond donors (Lipinski definition) is 1. The number of rotatable bonds is 3. The van der Waals surface area contributed by atoms with Crippen molar-refractivity contribution in [2.24, 2.45) is 5.73 Å². The van der Waals surface area contributed by atoms with Gasteiger partial charge in [0.25, 0.3) is 0 Å². The average Bonchev–Trinajstić information content (AvgIpc) is 3.12. The normalized spacial score (nSPS) is 14.0. The number of benzene rings is 1. The molecule has 0 aliphatic heterocycles. The number of thiazole rings is 1. The highest BCUT2D eigenvalue weighted by Gasteiger charge is 2.23. The van der Waals surface area contributed by atoms with Crippen LogP contribution in [0.25, 0.3) is 16.2 Å². The molecule has 2 N–H and O–H groups in total. The minimum Gasteiger partial charge on any atom is -0.330 e. The Morgan fingerprint density at radius 3 is 2.81 bits per heavy atom. The maximum Gasteiger partial charge on any atom is 0.194 e. The smallest absolute Gasteiger partial charge is 0.194 e. The number of nitrogens with two attached hydrogens (primary N) is 1. The van der Waals surface area contributed by atoms with Crippen molar-refractivity contribution in [1.82, 2.24) is 9.38 Å². The standard InChI is InChI=1S/C17H19N3S/c1-11-5-7-12(8-6-11)16-14(9-10-18)20-13-3-2-4-15(13)21-17(20)19-16/h5-8H,2-4,9-10,18H2,1H3. The van der Waals surface area contributed by atoms with Gasteiger partial charge in [-0.1, -0.05) is 29.8 Å². The van der Waals surface area contributed by atoms with Crippen LogP contribution < -0.4 is 5.73 Å². The van der Waals surface area contributed by atoms with Gasteiger partial charge in [-0.25, -0.2) is 4.98 Å². The first-order valence-electron chi connectivity index (χ1n) is 7.57. The maximum absolute atomic E-state index is 5.86. The maximum atomic E-state index is 5.86. The molecule has 1 aliphatic rings. The zero-order chi connectivity index (χ0) is 14.4. The summed E-state index contributed by atoms with van der Waals surface area (Å²) in [7, 11) is 0. The fourth-order valence-electron chi connectivity index (χ4n) is 3.24. The summed E-state index contributed by atoms with van der Waals surface area (Å²) in [5, 5.41) is 0. The molecule has 3 nitrogen and oxygen atoms in total. The molecule has 108 valence electrons. The van der Waals surface area contributed by atoms with Gasteiger partial charge in [0, 0.05) is 22.6 Å². The van der Waals surface area contributed by atoms with Crippen LogP contribution in [0.1, 0.15) is 28.2 Å². The van der Waals surface area contributed by atoms with E-state index in [1.165, 1.54) is 46.7 Å². The van der Waals surface area contributed by atoms with Crippen LogP contribution >= 0.6 is 11.3 Å². The molecule has 0 bridgehead atoms. The number of fused-ring (bicyclic) bond motifs is 3. The second-order valence-corrected chi connectivity index (χ2v) is 6.82. The van der Waals surface area contributed by atoms with Crippen molar-refractivity contribution in [3.05, 3.63) is 46.1 Å². The predicted octanol–water partition coefficient (Wildman–Crippen LogP) is 3.36. The number of nitrogens with zero attached hydrogens (tertiary/aromatic N) is 2. The summed E-state index contributed by atoms with van der Waals surface area (Å²) in [5.41, 5.74) is 12.2. The van der Waals surface area contributed by atoms with Crippen molar-refractivity contribution in [2.45, 2.75) is 32.6 Å². The molecule has 0 spiro atoms. The SMILES string of the molecule is Cc1ccc(-c2nc3sc4c(n3c2CCN)CCC4)cc1. The molecule has 0 fully saturated rings. The largest absolute Gasteiger partial charge is 0.330 e. The second kappa shape index (κ2) is 4.97. The number of hydrogen-bond acceptors (Lipinski definition) is 3. The molecule has 1 aromatic carbocycles. The molecule has 0 amide bonds.